The summed E-state index contributed by atoms with van der Waals surface area (Å²) in [5.74, 6) is 0.956. The first-order valence-electron chi connectivity index (χ1n) is 5.88. The van der Waals surface area contributed by atoms with Crippen molar-refractivity contribution < 1.29 is 13.9 Å². The van der Waals surface area contributed by atoms with Crippen LogP contribution in [0.2, 0.25) is 0 Å². The summed E-state index contributed by atoms with van der Waals surface area (Å²) in [5, 5.41) is 3.32. The Kier molecular flexibility index (Phi) is 3.84. The van der Waals surface area contributed by atoms with E-state index in [1.54, 1.807) is 13.2 Å². The fraction of sp³-hybridized carbons (Fsp3) is 0.538. The maximum absolute atomic E-state index is 13.6. The Morgan fingerprint density at radius 1 is 1.12 bits per heavy atom. The van der Waals surface area contributed by atoms with Crippen molar-refractivity contribution in [1.29, 1.82) is 0 Å². The van der Waals surface area contributed by atoms with E-state index in [1.165, 1.54) is 13.2 Å². The second-order valence-electron chi connectivity index (χ2n) is 4.25. The van der Waals surface area contributed by atoms with Gasteiger partial charge in [0, 0.05) is 11.6 Å². The number of halogens is 1. The molecule has 1 aliphatic rings. The summed E-state index contributed by atoms with van der Waals surface area (Å²) < 4.78 is 23.9. The van der Waals surface area contributed by atoms with Crippen LogP contribution in [0.25, 0.3) is 0 Å². The molecule has 17 heavy (non-hydrogen) atoms. The van der Waals surface area contributed by atoms with Crippen LogP contribution in [0.5, 0.6) is 11.5 Å². The quantitative estimate of drug-likeness (QED) is 0.878. The van der Waals surface area contributed by atoms with Crippen LogP contribution in [0.4, 0.5) is 4.39 Å². The zero-order valence-electron chi connectivity index (χ0n) is 10.3. The van der Waals surface area contributed by atoms with Crippen LogP contribution in [0, 0.1) is 5.82 Å². The molecule has 0 saturated carbocycles. The fourth-order valence-corrected chi connectivity index (χ4v) is 2.34. The Labute approximate surface area is 101 Å². The molecule has 2 rings (SSSR count). The number of hydrogen-bond donors (Lipinski definition) is 1. The normalized spacial score (nSPS) is 16.9. The van der Waals surface area contributed by atoms with E-state index in [4.69, 9.17) is 9.47 Å². The lowest BCUT2D eigenvalue weighted by Gasteiger charge is -2.25. The third-order valence-electron chi connectivity index (χ3n) is 3.28. The molecule has 0 spiro atoms. The Balaban J connectivity index is 2.35. The van der Waals surface area contributed by atoms with Crippen molar-refractivity contribution in [2.45, 2.75) is 18.8 Å². The maximum atomic E-state index is 13.6. The molecular formula is C13H18FNO2. The van der Waals surface area contributed by atoms with E-state index in [2.05, 4.69) is 5.32 Å². The molecular weight excluding hydrogens is 221 g/mol. The van der Waals surface area contributed by atoms with Crippen molar-refractivity contribution in [1.82, 2.24) is 5.32 Å². The van der Waals surface area contributed by atoms with E-state index in [0.29, 0.717) is 17.4 Å². The van der Waals surface area contributed by atoms with Crippen LogP contribution in [0.1, 0.15) is 24.3 Å². The van der Waals surface area contributed by atoms with Crippen molar-refractivity contribution >= 4 is 0 Å². The minimum atomic E-state index is -0.373. The van der Waals surface area contributed by atoms with Gasteiger partial charge in [-0.3, -0.25) is 0 Å². The van der Waals surface area contributed by atoms with Crippen molar-refractivity contribution in [3.05, 3.63) is 23.5 Å². The fourth-order valence-electron chi connectivity index (χ4n) is 2.34. The van der Waals surface area contributed by atoms with Crippen molar-refractivity contribution in [2.75, 3.05) is 27.3 Å². The number of methoxy groups -OCH3 is 2. The molecule has 0 aliphatic carbocycles. The van der Waals surface area contributed by atoms with E-state index < -0.39 is 0 Å². The van der Waals surface area contributed by atoms with Gasteiger partial charge in [-0.15, -0.1) is 0 Å². The first-order chi connectivity index (χ1) is 8.26. The number of piperidine rings is 1. The maximum Gasteiger partial charge on any atom is 0.168 e. The summed E-state index contributed by atoms with van der Waals surface area (Å²) in [6, 6.07) is 3.18. The average Bonchev–Trinajstić information content (AvgIpc) is 2.39. The van der Waals surface area contributed by atoms with Gasteiger partial charge in [-0.1, -0.05) is 0 Å². The Bertz CT molecular complexity index is 389. The Morgan fingerprint density at radius 2 is 1.76 bits per heavy atom. The van der Waals surface area contributed by atoms with Crippen molar-refractivity contribution in [2.24, 2.45) is 0 Å². The Morgan fingerprint density at radius 3 is 2.35 bits per heavy atom. The molecule has 0 bridgehead atoms. The van der Waals surface area contributed by atoms with Gasteiger partial charge >= 0.3 is 0 Å². The molecule has 1 aliphatic heterocycles. The van der Waals surface area contributed by atoms with E-state index in [9.17, 15) is 4.39 Å². The van der Waals surface area contributed by atoms with Crippen LogP contribution in [0.15, 0.2) is 12.1 Å². The summed E-state index contributed by atoms with van der Waals surface area (Å²) in [6.45, 7) is 1.99. The predicted octanol–water partition coefficient (Wildman–Crippen LogP) is 2.31. The molecule has 1 fully saturated rings. The number of hydrogen-bond acceptors (Lipinski definition) is 3. The molecule has 1 aromatic carbocycles. The third kappa shape index (κ3) is 2.52. The van der Waals surface area contributed by atoms with Crippen LogP contribution in [-0.2, 0) is 0 Å². The SMILES string of the molecule is COc1cc(C2CCNCC2)c(OC)cc1F. The van der Waals surface area contributed by atoms with Crippen LogP contribution in [-0.4, -0.2) is 27.3 Å². The molecule has 94 valence electrons. The second kappa shape index (κ2) is 5.36. The summed E-state index contributed by atoms with van der Waals surface area (Å²) in [7, 11) is 3.06. The lowest BCUT2D eigenvalue weighted by atomic mass is 9.89. The highest BCUT2D eigenvalue weighted by Gasteiger charge is 2.21. The second-order valence-corrected chi connectivity index (χ2v) is 4.25. The summed E-state index contributed by atoms with van der Waals surface area (Å²) in [5.41, 5.74) is 1.05. The van der Waals surface area contributed by atoms with Crippen LogP contribution in [0.3, 0.4) is 0 Å². The summed E-state index contributed by atoms with van der Waals surface area (Å²) in [6.07, 6.45) is 2.09. The van der Waals surface area contributed by atoms with Gasteiger partial charge in [0.15, 0.2) is 11.6 Å². The predicted molar refractivity (Wildman–Crippen MR) is 64.3 cm³/mol. The molecule has 1 heterocycles. The molecule has 4 heteroatoms. The first-order valence-corrected chi connectivity index (χ1v) is 5.88. The number of benzene rings is 1. The monoisotopic (exact) mass is 239 g/mol. The minimum absolute atomic E-state index is 0.291. The molecule has 0 atom stereocenters. The molecule has 0 radical (unpaired) electrons. The Hall–Kier alpha value is -1.29. The summed E-state index contributed by atoms with van der Waals surface area (Å²) in [4.78, 5) is 0. The molecule has 0 unspecified atom stereocenters. The highest BCUT2D eigenvalue weighted by Crippen LogP contribution is 2.36. The molecule has 0 aromatic heterocycles. The molecule has 0 amide bonds. The number of nitrogens with one attached hydrogen (secondary N) is 1. The van der Waals surface area contributed by atoms with Gasteiger partial charge < -0.3 is 14.8 Å². The average molecular weight is 239 g/mol. The van der Waals surface area contributed by atoms with Gasteiger partial charge in [-0.2, -0.15) is 0 Å². The van der Waals surface area contributed by atoms with Crippen LogP contribution >= 0.6 is 0 Å². The van der Waals surface area contributed by atoms with Crippen molar-refractivity contribution in [3.63, 3.8) is 0 Å². The zero-order chi connectivity index (χ0) is 12.3. The lowest BCUT2D eigenvalue weighted by molar-refractivity contribution is 0.366. The molecule has 1 saturated heterocycles. The highest BCUT2D eigenvalue weighted by molar-refractivity contribution is 5.43. The largest absolute Gasteiger partial charge is 0.496 e. The van der Waals surface area contributed by atoms with E-state index >= 15 is 0 Å². The molecule has 1 N–H and O–H groups in total. The highest BCUT2D eigenvalue weighted by atomic mass is 19.1. The van der Waals surface area contributed by atoms with Gasteiger partial charge in [-0.05, 0) is 37.9 Å². The molecule has 1 aromatic rings. The zero-order valence-corrected chi connectivity index (χ0v) is 10.3. The van der Waals surface area contributed by atoms with Gasteiger partial charge in [-0.25, -0.2) is 4.39 Å². The number of rotatable bonds is 3. The van der Waals surface area contributed by atoms with E-state index in [-0.39, 0.29) is 5.82 Å². The first kappa shape index (κ1) is 12.2. The topological polar surface area (TPSA) is 30.5 Å². The van der Waals surface area contributed by atoms with Gasteiger partial charge in [0.2, 0.25) is 0 Å². The standard InChI is InChI=1S/C13H18FNO2/c1-16-12-8-11(14)13(17-2)7-10(12)9-3-5-15-6-4-9/h7-9,15H,3-6H2,1-2H3. The third-order valence-corrected chi connectivity index (χ3v) is 3.28. The van der Waals surface area contributed by atoms with Gasteiger partial charge in [0.25, 0.3) is 0 Å². The smallest absolute Gasteiger partial charge is 0.168 e. The summed E-state index contributed by atoms with van der Waals surface area (Å²) >= 11 is 0. The van der Waals surface area contributed by atoms with Gasteiger partial charge in [0.1, 0.15) is 5.75 Å². The van der Waals surface area contributed by atoms with E-state index in [1.807, 2.05) is 0 Å². The van der Waals surface area contributed by atoms with E-state index in [0.717, 1.165) is 31.5 Å². The lowest BCUT2D eigenvalue weighted by Crippen LogP contribution is -2.26. The number of ether oxygens (including phenoxy) is 2. The minimum Gasteiger partial charge on any atom is -0.496 e. The van der Waals surface area contributed by atoms with Crippen LogP contribution < -0.4 is 14.8 Å². The molecule has 3 nitrogen and oxygen atoms in total. The van der Waals surface area contributed by atoms with Gasteiger partial charge in [0.05, 0.1) is 14.2 Å². The van der Waals surface area contributed by atoms with Crippen molar-refractivity contribution in [3.8, 4) is 11.5 Å².